The van der Waals surface area contributed by atoms with Gasteiger partial charge in [0.2, 0.25) is 0 Å². The predicted octanol–water partition coefficient (Wildman–Crippen LogP) is 2.84. The third-order valence-electron chi connectivity index (χ3n) is 2.84. The van der Waals surface area contributed by atoms with Crippen molar-refractivity contribution in [1.29, 1.82) is 0 Å². The highest BCUT2D eigenvalue weighted by molar-refractivity contribution is 6.17. The molecule has 2 N–H and O–H groups in total. The predicted molar refractivity (Wildman–Crippen MR) is 69.7 cm³/mol. The van der Waals surface area contributed by atoms with Crippen LogP contribution >= 0.6 is 11.6 Å². The first-order valence-corrected chi connectivity index (χ1v) is 6.29. The van der Waals surface area contributed by atoms with Gasteiger partial charge >= 0.3 is 0 Å². The van der Waals surface area contributed by atoms with Crippen molar-refractivity contribution < 1.29 is 9.90 Å². The number of halogens is 1. The summed E-state index contributed by atoms with van der Waals surface area (Å²) >= 11 is 5.67. The van der Waals surface area contributed by atoms with E-state index in [9.17, 15) is 9.90 Å². The van der Waals surface area contributed by atoms with Crippen LogP contribution in [0.5, 0.6) is 5.75 Å². The van der Waals surface area contributed by atoms with Crippen LogP contribution in [0.1, 0.15) is 35.7 Å². The molecule has 0 saturated carbocycles. The van der Waals surface area contributed by atoms with Gasteiger partial charge in [0.15, 0.2) is 0 Å². The lowest BCUT2D eigenvalue weighted by Gasteiger charge is -2.16. The molecular weight excluding hydrogens is 238 g/mol. The smallest absolute Gasteiger partial charge is 0.251 e. The molecule has 1 aromatic carbocycles. The number of carbonyl (C=O) groups is 1. The Labute approximate surface area is 107 Å². The lowest BCUT2D eigenvalue weighted by Crippen LogP contribution is -2.35. The van der Waals surface area contributed by atoms with Crippen molar-refractivity contribution >= 4 is 17.5 Å². The third-order valence-corrected chi connectivity index (χ3v) is 3.05. The van der Waals surface area contributed by atoms with Gasteiger partial charge in [-0.05, 0) is 31.9 Å². The fraction of sp³-hybridized carbons (Fsp3) is 0.462. The molecule has 0 fully saturated rings. The van der Waals surface area contributed by atoms with E-state index in [4.69, 9.17) is 11.6 Å². The van der Waals surface area contributed by atoms with Crippen molar-refractivity contribution in [2.24, 2.45) is 0 Å². The van der Waals surface area contributed by atoms with E-state index in [0.29, 0.717) is 17.0 Å². The SMILES string of the molecule is CCC(CCCl)NC(=O)c1cccc(O)c1C. The van der Waals surface area contributed by atoms with Gasteiger partial charge in [0.25, 0.3) is 5.91 Å². The molecule has 17 heavy (non-hydrogen) atoms. The molecule has 0 aliphatic rings. The van der Waals surface area contributed by atoms with Gasteiger partial charge < -0.3 is 10.4 Å². The van der Waals surface area contributed by atoms with Gasteiger partial charge in [-0.3, -0.25) is 4.79 Å². The second-order valence-corrected chi connectivity index (χ2v) is 4.38. The molecular formula is C13H18ClNO2. The maximum Gasteiger partial charge on any atom is 0.251 e. The van der Waals surface area contributed by atoms with Gasteiger partial charge in [0.05, 0.1) is 0 Å². The minimum absolute atomic E-state index is 0.0850. The molecule has 1 atom stereocenters. The minimum atomic E-state index is -0.157. The van der Waals surface area contributed by atoms with Crippen molar-refractivity contribution in [3.8, 4) is 5.75 Å². The summed E-state index contributed by atoms with van der Waals surface area (Å²) in [5, 5.41) is 12.5. The van der Waals surface area contributed by atoms with Crippen LogP contribution in [0.15, 0.2) is 18.2 Å². The summed E-state index contributed by atoms with van der Waals surface area (Å²) in [4.78, 5) is 12.0. The van der Waals surface area contributed by atoms with Crippen LogP contribution in [-0.4, -0.2) is 22.9 Å². The summed E-state index contributed by atoms with van der Waals surface area (Å²) in [6, 6.07) is 5.03. The summed E-state index contributed by atoms with van der Waals surface area (Å²) in [5.41, 5.74) is 1.11. The molecule has 1 unspecified atom stereocenters. The molecule has 0 heterocycles. The largest absolute Gasteiger partial charge is 0.508 e. The van der Waals surface area contributed by atoms with E-state index in [1.54, 1.807) is 25.1 Å². The van der Waals surface area contributed by atoms with E-state index < -0.39 is 0 Å². The summed E-state index contributed by atoms with van der Waals surface area (Å²) in [7, 11) is 0. The molecule has 4 heteroatoms. The highest BCUT2D eigenvalue weighted by Crippen LogP contribution is 2.19. The lowest BCUT2D eigenvalue weighted by atomic mass is 10.1. The van der Waals surface area contributed by atoms with E-state index >= 15 is 0 Å². The number of nitrogens with one attached hydrogen (secondary N) is 1. The molecule has 0 saturated heterocycles. The normalized spacial score (nSPS) is 12.2. The molecule has 0 aromatic heterocycles. The molecule has 1 aromatic rings. The van der Waals surface area contributed by atoms with Gasteiger partial charge in [-0.2, -0.15) is 0 Å². The summed E-state index contributed by atoms with van der Waals surface area (Å²) in [6.07, 6.45) is 1.60. The zero-order chi connectivity index (χ0) is 12.8. The summed E-state index contributed by atoms with van der Waals surface area (Å²) < 4.78 is 0. The van der Waals surface area contributed by atoms with Crippen LogP contribution in [0, 0.1) is 6.92 Å². The van der Waals surface area contributed by atoms with Crippen molar-refractivity contribution in [3.05, 3.63) is 29.3 Å². The topological polar surface area (TPSA) is 49.3 Å². The minimum Gasteiger partial charge on any atom is -0.508 e. The highest BCUT2D eigenvalue weighted by Gasteiger charge is 2.14. The van der Waals surface area contributed by atoms with E-state index in [2.05, 4.69) is 5.32 Å². The Hall–Kier alpha value is -1.22. The average molecular weight is 256 g/mol. The fourth-order valence-electron chi connectivity index (χ4n) is 1.64. The Bertz CT molecular complexity index is 393. The van der Waals surface area contributed by atoms with Gasteiger partial charge in [-0.15, -0.1) is 11.6 Å². The Morgan fingerprint density at radius 2 is 2.24 bits per heavy atom. The van der Waals surface area contributed by atoms with Crippen molar-refractivity contribution in [1.82, 2.24) is 5.32 Å². The quantitative estimate of drug-likeness (QED) is 0.795. The number of phenolic OH excluding ortho intramolecular Hbond substituents is 1. The Morgan fingerprint density at radius 1 is 1.53 bits per heavy atom. The van der Waals surface area contributed by atoms with E-state index in [1.807, 2.05) is 6.92 Å². The van der Waals surface area contributed by atoms with E-state index in [0.717, 1.165) is 12.8 Å². The fourth-order valence-corrected chi connectivity index (χ4v) is 1.91. The molecule has 0 bridgehead atoms. The monoisotopic (exact) mass is 255 g/mol. The molecule has 1 rings (SSSR count). The Kier molecular flexibility index (Phi) is 5.29. The number of aromatic hydroxyl groups is 1. The highest BCUT2D eigenvalue weighted by atomic mass is 35.5. The molecule has 3 nitrogen and oxygen atoms in total. The number of amides is 1. The number of alkyl halides is 1. The number of phenols is 1. The van der Waals surface area contributed by atoms with E-state index in [-0.39, 0.29) is 17.7 Å². The van der Waals surface area contributed by atoms with Crippen LogP contribution < -0.4 is 5.32 Å². The van der Waals surface area contributed by atoms with Crippen LogP contribution in [0.3, 0.4) is 0 Å². The van der Waals surface area contributed by atoms with Crippen LogP contribution in [-0.2, 0) is 0 Å². The van der Waals surface area contributed by atoms with Crippen molar-refractivity contribution in [3.63, 3.8) is 0 Å². The molecule has 0 aliphatic heterocycles. The van der Waals surface area contributed by atoms with Gasteiger partial charge in [-0.1, -0.05) is 13.0 Å². The van der Waals surface area contributed by atoms with Crippen LogP contribution in [0.2, 0.25) is 0 Å². The number of hydrogen-bond acceptors (Lipinski definition) is 2. The van der Waals surface area contributed by atoms with Gasteiger partial charge in [0.1, 0.15) is 5.75 Å². The first-order valence-electron chi connectivity index (χ1n) is 5.75. The zero-order valence-corrected chi connectivity index (χ0v) is 10.9. The maximum atomic E-state index is 12.0. The second-order valence-electron chi connectivity index (χ2n) is 4.01. The zero-order valence-electron chi connectivity index (χ0n) is 10.2. The average Bonchev–Trinajstić information content (AvgIpc) is 2.31. The second kappa shape index (κ2) is 6.50. The molecule has 0 radical (unpaired) electrons. The Morgan fingerprint density at radius 3 is 2.82 bits per heavy atom. The molecule has 0 aliphatic carbocycles. The molecule has 94 valence electrons. The summed E-state index contributed by atoms with van der Waals surface area (Å²) in [6.45, 7) is 3.74. The number of benzene rings is 1. The van der Waals surface area contributed by atoms with Crippen molar-refractivity contribution in [2.75, 3.05) is 5.88 Å². The molecule has 0 spiro atoms. The number of rotatable bonds is 5. The third kappa shape index (κ3) is 3.63. The van der Waals surface area contributed by atoms with Crippen LogP contribution in [0.4, 0.5) is 0 Å². The Balaban J connectivity index is 2.79. The van der Waals surface area contributed by atoms with Crippen LogP contribution in [0.25, 0.3) is 0 Å². The van der Waals surface area contributed by atoms with Crippen molar-refractivity contribution in [2.45, 2.75) is 32.7 Å². The van der Waals surface area contributed by atoms with E-state index in [1.165, 1.54) is 0 Å². The number of carbonyl (C=O) groups excluding carboxylic acids is 1. The standard InChI is InChI=1S/C13H18ClNO2/c1-3-10(7-8-14)15-13(17)11-5-4-6-12(16)9(11)2/h4-6,10,16H,3,7-8H2,1-2H3,(H,15,17). The first kappa shape index (κ1) is 13.8. The first-order chi connectivity index (χ1) is 8.10. The molecule has 1 amide bonds. The number of hydrogen-bond donors (Lipinski definition) is 2. The summed E-state index contributed by atoms with van der Waals surface area (Å²) in [5.74, 6) is 0.510. The van der Waals surface area contributed by atoms with Gasteiger partial charge in [-0.25, -0.2) is 0 Å². The van der Waals surface area contributed by atoms with Gasteiger partial charge in [0, 0.05) is 23.0 Å². The maximum absolute atomic E-state index is 12.0. The lowest BCUT2D eigenvalue weighted by molar-refractivity contribution is 0.0934.